The number of carbonyl (C=O) groups excluding carboxylic acids is 1. The first kappa shape index (κ1) is 19.5. The fourth-order valence-electron chi connectivity index (χ4n) is 3.28. The van der Waals surface area contributed by atoms with Gasteiger partial charge in [-0.2, -0.15) is 0 Å². The Labute approximate surface area is 180 Å². The molecule has 1 amide bonds. The number of aryl methyl sites for hydroxylation is 2. The van der Waals surface area contributed by atoms with Crippen molar-refractivity contribution in [2.75, 3.05) is 5.32 Å². The second-order valence-corrected chi connectivity index (χ2v) is 8.65. The number of rotatable bonds is 4. The summed E-state index contributed by atoms with van der Waals surface area (Å²) in [5.74, 6) is -0.279. The van der Waals surface area contributed by atoms with Gasteiger partial charge in [0.05, 0.1) is 11.7 Å². The molecule has 0 radical (unpaired) electrons. The summed E-state index contributed by atoms with van der Waals surface area (Å²) in [4.78, 5) is 30.6. The third-order valence-corrected chi connectivity index (χ3v) is 6.09. The largest absolute Gasteiger partial charge is 0.325 e. The van der Waals surface area contributed by atoms with E-state index in [9.17, 15) is 9.59 Å². The molecule has 0 saturated carbocycles. The molecule has 0 aliphatic heterocycles. The van der Waals surface area contributed by atoms with E-state index in [1.54, 1.807) is 12.1 Å². The average molecular weight is 468 g/mol. The zero-order chi connectivity index (χ0) is 20.5. The Morgan fingerprint density at radius 2 is 1.90 bits per heavy atom. The number of nitrogens with one attached hydrogen (secondary N) is 1. The van der Waals surface area contributed by atoms with E-state index in [0.717, 1.165) is 21.2 Å². The minimum absolute atomic E-state index is 0.0972. The molecule has 4 rings (SSSR count). The van der Waals surface area contributed by atoms with Gasteiger partial charge in [0.1, 0.15) is 11.4 Å². The topological polar surface area (TPSA) is 64.0 Å². The fraction of sp³-hybridized carbons (Fsp3) is 0.136. The van der Waals surface area contributed by atoms with Crippen LogP contribution in [-0.4, -0.2) is 15.5 Å². The molecular formula is C22H18BrN3O2S. The zero-order valence-electron chi connectivity index (χ0n) is 15.9. The van der Waals surface area contributed by atoms with Crippen LogP contribution in [0.4, 0.5) is 5.69 Å². The van der Waals surface area contributed by atoms with Gasteiger partial charge in [0, 0.05) is 21.1 Å². The predicted molar refractivity (Wildman–Crippen MR) is 122 cm³/mol. The van der Waals surface area contributed by atoms with Crippen LogP contribution >= 0.6 is 27.3 Å². The van der Waals surface area contributed by atoms with Gasteiger partial charge in [-0.15, -0.1) is 11.3 Å². The van der Waals surface area contributed by atoms with Gasteiger partial charge in [-0.05, 0) is 49.2 Å². The molecular weight excluding hydrogens is 450 g/mol. The second-order valence-electron chi connectivity index (χ2n) is 6.88. The molecule has 0 unspecified atom stereocenters. The standard InChI is InChI=1S/C22H18BrN3O2S/c1-13-3-8-17(14(2)9-13)18-11-29-21-20(18)22(28)26(12-24-21)10-19(27)25-16-6-4-15(23)5-7-16/h3-9,11-12H,10H2,1-2H3,(H,25,27). The van der Waals surface area contributed by atoms with Crippen molar-refractivity contribution in [2.45, 2.75) is 20.4 Å². The lowest BCUT2D eigenvalue weighted by molar-refractivity contribution is -0.116. The summed E-state index contributed by atoms with van der Waals surface area (Å²) in [6.45, 7) is 3.98. The third kappa shape index (κ3) is 4.02. The van der Waals surface area contributed by atoms with Gasteiger partial charge in [0.15, 0.2) is 0 Å². The number of nitrogens with zero attached hydrogens (tertiary/aromatic N) is 2. The van der Waals surface area contributed by atoms with Gasteiger partial charge in [0.25, 0.3) is 5.56 Å². The summed E-state index contributed by atoms with van der Waals surface area (Å²) in [5.41, 5.74) is 4.61. The number of hydrogen-bond donors (Lipinski definition) is 1. The van der Waals surface area contributed by atoms with Crippen molar-refractivity contribution in [1.29, 1.82) is 0 Å². The Morgan fingerprint density at radius 1 is 1.14 bits per heavy atom. The van der Waals surface area contributed by atoms with Crippen LogP contribution in [0.5, 0.6) is 0 Å². The minimum Gasteiger partial charge on any atom is -0.325 e. The van der Waals surface area contributed by atoms with Gasteiger partial charge in [-0.1, -0.05) is 39.7 Å². The van der Waals surface area contributed by atoms with E-state index in [-0.39, 0.29) is 18.0 Å². The molecule has 29 heavy (non-hydrogen) atoms. The number of hydrogen-bond acceptors (Lipinski definition) is 4. The SMILES string of the molecule is Cc1ccc(-c2csc3ncn(CC(=O)Nc4ccc(Br)cc4)c(=O)c23)c(C)c1. The van der Waals surface area contributed by atoms with Crippen molar-refractivity contribution in [3.05, 3.63) is 80.1 Å². The fourth-order valence-corrected chi connectivity index (χ4v) is 4.44. The van der Waals surface area contributed by atoms with E-state index in [2.05, 4.69) is 32.3 Å². The highest BCUT2D eigenvalue weighted by Gasteiger charge is 2.16. The van der Waals surface area contributed by atoms with E-state index in [4.69, 9.17) is 0 Å². The lowest BCUT2D eigenvalue weighted by atomic mass is 9.99. The highest BCUT2D eigenvalue weighted by Crippen LogP contribution is 2.33. The Hall–Kier alpha value is -2.77. The summed E-state index contributed by atoms with van der Waals surface area (Å²) in [6.07, 6.45) is 1.44. The van der Waals surface area contributed by atoms with Crippen LogP contribution in [0, 0.1) is 13.8 Å². The molecule has 5 nitrogen and oxygen atoms in total. The number of anilines is 1. The number of thiophene rings is 1. The quantitative estimate of drug-likeness (QED) is 0.451. The van der Waals surface area contributed by atoms with Crippen LogP contribution in [0.1, 0.15) is 11.1 Å². The smallest absolute Gasteiger partial charge is 0.263 e. The molecule has 0 atom stereocenters. The molecule has 0 spiro atoms. The number of aromatic nitrogens is 2. The third-order valence-electron chi connectivity index (χ3n) is 4.67. The van der Waals surface area contributed by atoms with Crippen LogP contribution in [0.3, 0.4) is 0 Å². The Balaban J connectivity index is 1.68. The Morgan fingerprint density at radius 3 is 2.62 bits per heavy atom. The number of carbonyl (C=O) groups is 1. The van der Waals surface area contributed by atoms with E-state index in [1.807, 2.05) is 43.5 Å². The molecule has 2 aromatic carbocycles. The number of benzene rings is 2. The van der Waals surface area contributed by atoms with Crippen molar-refractivity contribution in [1.82, 2.24) is 9.55 Å². The molecule has 4 aromatic rings. The average Bonchev–Trinajstić information content (AvgIpc) is 3.10. The molecule has 2 aromatic heterocycles. The molecule has 0 fully saturated rings. The van der Waals surface area contributed by atoms with E-state index < -0.39 is 0 Å². The summed E-state index contributed by atoms with van der Waals surface area (Å²) in [6, 6.07) is 13.4. The van der Waals surface area contributed by atoms with Gasteiger partial charge in [0.2, 0.25) is 5.91 Å². The van der Waals surface area contributed by atoms with Gasteiger partial charge < -0.3 is 5.32 Å². The van der Waals surface area contributed by atoms with E-state index >= 15 is 0 Å². The molecule has 0 bridgehead atoms. The van der Waals surface area contributed by atoms with Crippen LogP contribution in [0.15, 0.2) is 63.4 Å². The summed E-state index contributed by atoms with van der Waals surface area (Å²) in [7, 11) is 0. The predicted octanol–water partition coefficient (Wildman–Crippen LogP) is 5.14. The first-order valence-electron chi connectivity index (χ1n) is 9.02. The summed E-state index contributed by atoms with van der Waals surface area (Å²) >= 11 is 4.80. The molecule has 7 heteroatoms. The molecule has 2 heterocycles. The van der Waals surface area contributed by atoms with Crippen LogP contribution in [0.2, 0.25) is 0 Å². The maximum Gasteiger partial charge on any atom is 0.263 e. The van der Waals surface area contributed by atoms with Gasteiger partial charge in [-0.3, -0.25) is 14.2 Å². The maximum atomic E-state index is 13.1. The molecule has 1 N–H and O–H groups in total. The Bertz CT molecular complexity index is 1280. The van der Waals surface area contributed by atoms with Gasteiger partial charge in [-0.25, -0.2) is 4.98 Å². The van der Waals surface area contributed by atoms with Crippen molar-refractivity contribution >= 4 is 49.1 Å². The van der Waals surface area contributed by atoms with Crippen LogP contribution in [-0.2, 0) is 11.3 Å². The normalized spacial score (nSPS) is 11.0. The monoisotopic (exact) mass is 467 g/mol. The van der Waals surface area contributed by atoms with Crippen LogP contribution < -0.4 is 10.9 Å². The lowest BCUT2D eigenvalue weighted by Gasteiger charge is -2.09. The number of fused-ring (bicyclic) bond motifs is 1. The van der Waals surface area contributed by atoms with Crippen molar-refractivity contribution in [3.63, 3.8) is 0 Å². The first-order valence-corrected chi connectivity index (χ1v) is 10.7. The van der Waals surface area contributed by atoms with Crippen molar-refractivity contribution in [3.8, 4) is 11.1 Å². The number of amides is 1. The van der Waals surface area contributed by atoms with E-state index in [0.29, 0.717) is 15.9 Å². The van der Waals surface area contributed by atoms with Crippen molar-refractivity contribution < 1.29 is 4.79 Å². The van der Waals surface area contributed by atoms with E-state index in [1.165, 1.54) is 27.8 Å². The second kappa shape index (κ2) is 7.93. The Kier molecular flexibility index (Phi) is 5.34. The lowest BCUT2D eigenvalue weighted by Crippen LogP contribution is -2.27. The molecule has 0 aliphatic carbocycles. The number of halogens is 1. The highest BCUT2D eigenvalue weighted by molar-refractivity contribution is 9.10. The molecule has 0 aliphatic rings. The minimum atomic E-state index is -0.279. The van der Waals surface area contributed by atoms with Gasteiger partial charge >= 0.3 is 0 Å². The summed E-state index contributed by atoms with van der Waals surface area (Å²) < 4.78 is 2.29. The van der Waals surface area contributed by atoms with Crippen molar-refractivity contribution in [2.24, 2.45) is 0 Å². The summed E-state index contributed by atoms with van der Waals surface area (Å²) in [5, 5.41) is 5.32. The zero-order valence-corrected chi connectivity index (χ0v) is 18.3. The van der Waals surface area contributed by atoms with Crippen LogP contribution in [0.25, 0.3) is 21.3 Å². The maximum absolute atomic E-state index is 13.1. The first-order chi connectivity index (χ1) is 13.9. The molecule has 0 saturated heterocycles. The highest BCUT2D eigenvalue weighted by atomic mass is 79.9. The molecule has 146 valence electrons.